The molecule has 8 nitrogen and oxygen atoms in total. The lowest BCUT2D eigenvalue weighted by Gasteiger charge is -2.29. The molecule has 9 heteroatoms. The first-order valence-electron chi connectivity index (χ1n) is 11.8. The van der Waals surface area contributed by atoms with Crippen molar-refractivity contribution in [3.8, 4) is 5.75 Å². The molecule has 0 saturated carbocycles. The minimum Gasteiger partial charge on any atom is -0.489 e. The summed E-state index contributed by atoms with van der Waals surface area (Å²) in [6.07, 6.45) is 0.581. The molecule has 2 fully saturated rings. The first-order valence-corrected chi connectivity index (χ1v) is 11.8. The number of rotatable bonds is 6. The Morgan fingerprint density at radius 2 is 1.94 bits per heavy atom. The van der Waals surface area contributed by atoms with Crippen molar-refractivity contribution >= 4 is 31.0 Å². The van der Waals surface area contributed by atoms with Crippen LogP contribution in [-0.2, 0) is 34.0 Å². The van der Waals surface area contributed by atoms with E-state index in [-0.39, 0.29) is 18.2 Å². The number of hydrogen-bond donors (Lipinski definition) is 1. The molecule has 0 spiro atoms. The average Bonchev–Trinajstić information content (AvgIpc) is 3.16. The first kappa shape index (κ1) is 22.6. The van der Waals surface area contributed by atoms with Crippen LogP contribution < -0.4 is 15.5 Å². The number of benzene rings is 2. The Balaban J connectivity index is 1.26. The van der Waals surface area contributed by atoms with Crippen molar-refractivity contribution in [2.24, 2.45) is 0 Å². The summed E-state index contributed by atoms with van der Waals surface area (Å²) >= 11 is 0. The van der Waals surface area contributed by atoms with Gasteiger partial charge in [0.05, 0.1) is 19.8 Å². The summed E-state index contributed by atoms with van der Waals surface area (Å²) in [4.78, 5) is 40.7. The number of morpholine rings is 1. The number of amides is 3. The van der Waals surface area contributed by atoms with Gasteiger partial charge >= 0.3 is 0 Å². The Hall–Kier alpha value is -3.17. The van der Waals surface area contributed by atoms with E-state index in [0.717, 1.165) is 44.0 Å². The number of imide groups is 1. The maximum absolute atomic E-state index is 13.0. The molecule has 0 aliphatic carbocycles. The molecule has 0 radical (unpaired) electrons. The third kappa shape index (κ3) is 4.58. The number of carbonyl (C=O) groups excluding carboxylic acids is 3. The minimum atomic E-state index is -0.633. The highest BCUT2D eigenvalue weighted by Gasteiger charge is 2.40. The highest BCUT2D eigenvalue weighted by molar-refractivity contribution is 6.33. The van der Waals surface area contributed by atoms with Gasteiger partial charge < -0.3 is 14.4 Å². The van der Waals surface area contributed by atoms with E-state index in [1.165, 1.54) is 11.0 Å². The lowest BCUT2D eigenvalue weighted by atomic mass is 9.89. The number of ether oxygens (including phenoxy) is 2. The molecule has 3 amide bonds. The van der Waals surface area contributed by atoms with Gasteiger partial charge in [-0.15, -0.1) is 0 Å². The van der Waals surface area contributed by atoms with E-state index in [9.17, 15) is 14.4 Å². The van der Waals surface area contributed by atoms with Crippen molar-refractivity contribution < 1.29 is 23.9 Å². The molecule has 2 saturated heterocycles. The molecule has 0 aromatic heterocycles. The Bertz CT molecular complexity index is 1130. The van der Waals surface area contributed by atoms with Gasteiger partial charge in [0.2, 0.25) is 11.8 Å². The molecule has 1 atom stereocenters. The van der Waals surface area contributed by atoms with E-state index in [1.54, 1.807) is 17.0 Å². The van der Waals surface area contributed by atoms with E-state index in [0.29, 0.717) is 30.9 Å². The fraction of sp³-hybridized carbons (Fsp3) is 0.400. The molecule has 176 valence electrons. The molecule has 3 aliphatic heterocycles. The lowest BCUT2D eigenvalue weighted by molar-refractivity contribution is -0.136. The number of nitrogens with one attached hydrogen (secondary N) is 1. The van der Waals surface area contributed by atoms with Gasteiger partial charge in [-0.05, 0) is 29.7 Å². The van der Waals surface area contributed by atoms with E-state index < -0.39 is 11.9 Å². The van der Waals surface area contributed by atoms with Crippen LogP contribution in [0.4, 0.5) is 0 Å². The molecule has 3 heterocycles. The lowest BCUT2D eigenvalue weighted by Crippen LogP contribution is -2.52. The maximum Gasteiger partial charge on any atom is 0.255 e. The molecule has 3 aliphatic rings. The Kier molecular flexibility index (Phi) is 6.39. The molecule has 1 N–H and O–H groups in total. The van der Waals surface area contributed by atoms with E-state index >= 15 is 0 Å². The normalized spacial score (nSPS) is 20.9. The highest BCUT2D eigenvalue weighted by Crippen LogP contribution is 2.33. The number of hydrogen-bond acceptors (Lipinski definition) is 6. The van der Waals surface area contributed by atoms with E-state index in [4.69, 9.17) is 9.47 Å². The van der Waals surface area contributed by atoms with Gasteiger partial charge in [-0.2, -0.15) is 0 Å². The predicted molar refractivity (Wildman–Crippen MR) is 128 cm³/mol. The van der Waals surface area contributed by atoms with Crippen LogP contribution in [0.1, 0.15) is 39.9 Å². The summed E-state index contributed by atoms with van der Waals surface area (Å²) in [5.41, 5.74) is 4.88. The quantitative estimate of drug-likeness (QED) is 0.486. The van der Waals surface area contributed by atoms with Crippen LogP contribution in [0.15, 0.2) is 36.4 Å². The summed E-state index contributed by atoms with van der Waals surface area (Å²) in [5, 5.41) is 2.34. The van der Waals surface area contributed by atoms with Crippen LogP contribution >= 0.6 is 0 Å². The third-order valence-corrected chi connectivity index (χ3v) is 6.84. The third-order valence-electron chi connectivity index (χ3n) is 6.84. The van der Waals surface area contributed by atoms with Crippen molar-refractivity contribution in [1.29, 1.82) is 0 Å². The monoisotopic (exact) mass is 461 g/mol. The minimum absolute atomic E-state index is 0.196. The largest absolute Gasteiger partial charge is 0.489 e. The van der Waals surface area contributed by atoms with Gasteiger partial charge in [-0.1, -0.05) is 29.7 Å². The van der Waals surface area contributed by atoms with Crippen LogP contribution in [0, 0.1) is 0 Å². The van der Waals surface area contributed by atoms with Gasteiger partial charge in [-0.3, -0.25) is 24.6 Å². The summed E-state index contributed by atoms with van der Waals surface area (Å²) in [7, 11) is 2.09. The van der Waals surface area contributed by atoms with Gasteiger partial charge in [-0.25, -0.2) is 0 Å². The topological polar surface area (TPSA) is 88.2 Å². The number of nitrogens with zero attached hydrogens (tertiary/aromatic N) is 2. The Morgan fingerprint density at radius 1 is 1.12 bits per heavy atom. The van der Waals surface area contributed by atoms with Crippen molar-refractivity contribution in [3.05, 3.63) is 58.7 Å². The molecule has 34 heavy (non-hydrogen) atoms. The molecule has 0 bridgehead atoms. The predicted octanol–water partition coefficient (Wildman–Crippen LogP) is 0.117. The highest BCUT2D eigenvalue weighted by atomic mass is 16.5. The zero-order valence-corrected chi connectivity index (χ0v) is 19.3. The van der Waals surface area contributed by atoms with Crippen molar-refractivity contribution in [2.45, 2.75) is 38.6 Å². The second-order valence-electron chi connectivity index (χ2n) is 9.12. The van der Waals surface area contributed by atoms with Gasteiger partial charge in [0.15, 0.2) is 0 Å². The van der Waals surface area contributed by atoms with Crippen molar-refractivity contribution in [1.82, 2.24) is 15.1 Å². The van der Waals surface area contributed by atoms with Crippen LogP contribution in [0.25, 0.3) is 0 Å². The van der Waals surface area contributed by atoms with E-state index in [2.05, 4.69) is 36.3 Å². The maximum atomic E-state index is 13.0. The van der Waals surface area contributed by atoms with Crippen molar-refractivity contribution in [3.63, 3.8) is 0 Å². The smallest absolute Gasteiger partial charge is 0.255 e. The van der Waals surface area contributed by atoms with Gasteiger partial charge in [0.1, 0.15) is 26.2 Å². The van der Waals surface area contributed by atoms with Gasteiger partial charge in [0.25, 0.3) is 5.91 Å². The number of fused-ring (bicyclic) bond motifs is 1. The first-order chi connectivity index (χ1) is 16.5. The molecule has 5 rings (SSSR count). The fourth-order valence-electron chi connectivity index (χ4n) is 4.88. The molecule has 1 unspecified atom stereocenters. The second-order valence-corrected chi connectivity index (χ2v) is 9.12. The summed E-state index contributed by atoms with van der Waals surface area (Å²) < 4.78 is 11.6. The van der Waals surface area contributed by atoms with E-state index in [1.807, 2.05) is 6.07 Å². The van der Waals surface area contributed by atoms with Crippen LogP contribution in [-0.4, -0.2) is 67.7 Å². The SMILES string of the molecule is Bc1cc(CN2CCOCC2)ccc1COc1cccc2c1CN(C1CCC(=O)NC1=O)C2=O. The van der Waals surface area contributed by atoms with Crippen LogP contribution in [0.3, 0.4) is 0 Å². The molecular weight excluding hydrogens is 433 g/mol. The number of piperidine rings is 1. The Morgan fingerprint density at radius 3 is 2.71 bits per heavy atom. The Labute approximate surface area is 199 Å². The molecule has 2 aromatic rings. The standard InChI is InChI=1S/C25H28BN3O5/c26-20-12-16(13-28-8-10-33-11-9-28)4-5-17(20)15-34-22-3-1-2-18-19(22)14-29(25(18)32)21-6-7-23(30)27-24(21)31/h1-5,12,21H,6-11,13-15,26H2,(H,27,30,31). The van der Waals surface area contributed by atoms with Crippen LogP contribution in [0.2, 0.25) is 0 Å². The number of carbonyl (C=O) groups is 3. The summed E-state index contributed by atoms with van der Waals surface area (Å²) in [6, 6.07) is 11.3. The zero-order chi connectivity index (χ0) is 23.7. The van der Waals surface area contributed by atoms with Crippen LogP contribution in [0.5, 0.6) is 5.75 Å². The molecule has 2 aromatic carbocycles. The molecular formula is C25H28BN3O5. The average molecular weight is 461 g/mol. The van der Waals surface area contributed by atoms with Gasteiger partial charge in [0, 0.05) is 37.2 Å². The summed E-state index contributed by atoms with van der Waals surface area (Å²) in [5.74, 6) is -0.246. The van der Waals surface area contributed by atoms with Crippen molar-refractivity contribution in [2.75, 3.05) is 26.3 Å². The summed E-state index contributed by atoms with van der Waals surface area (Å²) in [6.45, 7) is 5.09. The zero-order valence-electron chi connectivity index (χ0n) is 19.3. The fourth-order valence-corrected chi connectivity index (χ4v) is 4.88. The second kappa shape index (κ2) is 9.60.